The van der Waals surface area contributed by atoms with Crippen molar-refractivity contribution < 1.29 is 19.0 Å². The van der Waals surface area contributed by atoms with E-state index in [4.69, 9.17) is 35.9 Å². The molecule has 2 N–H and O–H groups in total. The van der Waals surface area contributed by atoms with Crippen molar-refractivity contribution in [3.63, 3.8) is 0 Å². The molecule has 1 amide bonds. The average molecular weight is 696 g/mol. The van der Waals surface area contributed by atoms with Crippen molar-refractivity contribution in [2.45, 2.75) is 51.3 Å². The van der Waals surface area contributed by atoms with Crippen LogP contribution in [0.3, 0.4) is 0 Å². The number of amides is 1. The number of carbonyl (C=O) groups is 1. The Bertz CT molecular complexity index is 2060. The number of fused-ring (bicyclic) bond motifs is 1. The molecule has 1 atom stereocenters. The predicted octanol–water partition coefficient (Wildman–Crippen LogP) is 8.67. The van der Waals surface area contributed by atoms with E-state index >= 15 is 0 Å². The van der Waals surface area contributed by atoms with Crippen molar-refractivity contribution in [1.29, 1.82) is 0 Å². The number of anilines is 2. The van der Waals surface area contributed by atoms with Crippen LogP contribution in [-0.2, 0) is 17.2 Å². The molecule has 5 aromatic rings. The largest absolute Gasteiger partial charge is 0.495 e. The Morgan fingerprint density at radius 2 is 1.61 bits per heavy atom. The fourth-order valence-corrected chi connectivity index (χ4v) is 6.91. The highest BCUT2D eigenvalue weighted by molar-refractivity contribution is 7.98. The Morgan fingerprint density at radius 1 is 0.878 bits per heavy atom. The molecule has 0 spiro atoms. The van der Waals surface area contributed by atoms with Crippen LogP contribution in [0, 0.1) is 20.8 Å². The van der Waals surface area contributed by atoms with Crippen molar-refractivity contribution in [2.24, 2.45) is 0 Å². The summed E-state index contributed by atoms with van der Waals surface area (Å²) in [6, 6.07) is 24.4. The maximum atomic E-state index is 14.2. The molecular formula is C38H38ClN5O4S. The maximum absolute atomic E-state index is 14.2. The van der Waals surface area contributed by atoms with E-state index < -0.39 is 6.04 Å². The summed E-state index contributed by atoms with van der Waals surface area (Å²) < 4.78 is 19.4. The van der Waals surface area contributed by atoms with Crippen LogP contribution in [0.25, 0.3) is 0 Å². The lowest BCUT2D eigenvalue weighted by molar-refractivity contribution is -0.113. The normalized spacial score (nSPS) is 13.8. The highest BCUT2D eigenvalue weighted by Gasteiger charge is 2.35. The molecule has 252 valence electrons. The zero-order valence-electron chi connectivity index (χ0n) is 28.3. The first-order valence-corrected chi connectivity index (χ1v) is 17.2. The molecule has 11 heteroatoms. The summed E-state index contributed by atoms with van der Waals surface area (Å²) in [5.41, 5.74) is 8.15. The minimum absolute atomic E-state index is 0.310. The molecule has 4 aromatic carbocycles. The van der Waals surface area contributed by atoms with Gasteiger partial charge >= 0.3 is 0 Å². The van der Waals surface area contributed by atoms with E-state index in [9.17, 15) is 4.79 Å². The van der Waals surface area contributed by atoms with Gasteiger partial charge in [0.2, 0.25) is 11.1 Å². The van der Waals surface area contributed by atoms with Crippen LogP contribution in [0.2, 0.25) is 5.02 Å². The van der Waals surface area contributed by atoms with Crippen molar-refractivity contribution in [1.82, 2.24) is 14.8 Å². The highest BCUT2D eigenvalue weighted by atomic mass is 35.5. The molecule has 0 aliphatic carbocycles. The third-order valence-corrected chi connectivity index (χ3v) is 9.84. The second-order valence-electron chi connectivity index (χ2n) is 11.8. The van der Waals surface area contributed by atoms with Crippen molar-refractivity contribution in [3.05, 3.63) is 129 Å². The number of allylic oxidation sites excluding steroid dienone is 1. The summed E-state index contributed by atoms with van der Waals surface area (Å²) in [6.45, 7) is 8.55. The molecule has 0 saturated heterocycles. The topological polar surface area (TPSA) is 99.5 Å². The first kappa shape index (κ1) is 34.0. The van der Waals surface area contributed by atoms with Gasteiger partial charge in [-0.1, -0.05) is 71.9 Å². The summed E-state index contributed by atoms with van der Waals surface area (Å²) in [5, 5.41) is 12.5. The molecule has 6 rings (SSSR count). The molecule has 2 heterocycles. The molecule has 1 aliphatic rings. The second-order valence-corrected chi connectivity index (χ2v) is 13.2. The Balaban J connectivity index is 1.36. The number of hydrogen-bond donors (Lipinski definition) is 2. The molecule has 1 aromatic heterocycles. The van der Waals surface area contributed by atoms with Gasteiger partial charge in [0.25, 0.3) is 5.91 Å². The number of nitrogens with zero attached hydrogens (tertiary/aromatic N) is 3. The van der Waals surface area contributed by atoms with Gasteiger partial charge in [0.05, 0.1) is 25.5 Å². The van der Waals surface area contributed by atoms with Crippen LogP contribution in [0.15, 0.2) is 95.3 Å². The van der Waals surface area contributed by atoms with E-state index in [0.717, 1.165) is 16.7 Å². The summed E-state index contributed by atoms with van der Waals surface area (Å²) in [5.74, 6) is 2.47. The van der Waals surface area contributed by atoms with Crippen LogP contribution >= 0.6 is 23.4 Å². The number of halogens is 1. The van der Waals surface area contributed by atoms with E-state index in [1.807, 2.05) is 61.5 Å². The van der Waals surface area contributed by atoms with Crippen molar-refractivity contribution >= 4 is 40.9 Å². The fourth-order valence-electron chi connectivity index (χ4n) is 5.79. The van der Waals surface area contributed by atoms with Crippen LogP contribution in [0.5, 0.6) is 17.2 Å². The van der Waals surface area contributed by atoms with Crippen LogP contribution in [-0.4, -0.2) is 34.9 Å². The molecular weight excluding hydrogens is 658 g/mol. The number of benzene rings is 4. The Morgan fingerprint density at radius 3 is 2.39 bits per heavy atom. The number of aryl methyl sites for hydroxylation is 3. The zero-order valence-corrected chi connectivity index (χ0v) is 29.8. The number of methoxy groups -OCH3 is 2. The lowest BCUT2D eigenvalue weighted by atomic mass is 9.94. The smallest absolute Gasteiger partial charge is 0.255 e. The van der Waals surface area contributed by atoms with Gasteiger partial charge in [0, 0.05) is 16.5 Å². The van der Waals surface area contributed by atoms with Gasteiger partial charge in [0.1, 0.15) is 18.4 Å². The minimum atomic E-state index is -0.641. The van der Waals surface area contributed by atoms with Gasteiger partial charge in [-0.15, -0.1) is 5.10 Å². The van der Waals surface area contributed by atoms with Crippen LogP contribution < -0.4 is 24.8 Å². The molecule has 0 fully saturated rings. The van der Waals surface area contributed by atoms with E-state index in [-0.39, 0.29) is 5.91 Å². The second kappa shape index (κ2) is 14.7. The molecule has 49 heavy (non-hydrogen) atoms. The van der Waals surface area contributed by atoms with Gasteiger partial charge < -0.3 is 24.8 Å². The maximum Gasteiger partial charge on any atom is 0.255 e. The molecule has 0 radical (unpaired) electrons. The van der Waals surface area contributed by atoms with E-state index in [1.54, 1.807) is 31.0 Å². The van der Waals surface area contributed by atoms with E-state index in [0.29, 0.717) is 62.7 Å². The molecule has 0 bridgehead atoms. The lowest BCUT2D eigenvalue weighted by Gasteiger charge is -2.29. The van der Waals surface area contributed by atoms with Crippen LogP contribution in [0.4, 0.5) is 11.6 Å². The van der Waals surface area contributed by atoms with Gasteiger partial charge in [-0.2, -0.15) is 4.98 Å². The monoisotopic (exact) mass is 695 g/mol. The number of hydrogen-bond acceptors (Lipinski definition) is 8. The number of thioether (sulfide) groups is 1. The molecule has 1 unspecified atom stereocenters. The number of para-hydroxylation sites is 2. The summed E-state index contributed by atoms with van der Waals surface area (Å²) >= 11 is 7.89. The summed E-state index contributed by atoms with van der Waals surface area (Å²) in [4.78, 5) is 18.9. The van der Waals surface area contributed by atoms with Gasteiger partial charge in [-0.25, -0.2) is 4.68 Å². The Labute approximate surface area is 295 Å². The first-order chi connectivity index (χ1) is 23.7. The third kappa shape index (κ3) is 7.25. The fraction of sp³-hybridized carbons (Fsp3) is 0.237. The van der Waals surface area contributed by atoms with Crippen LogP contribution in [0.1, 0.15) is 46.3 Å². The SMILES string of the molecule is COc1ccccc1NC(=O)C1=C(C)Nc2nc(SCc3ccccc3Cl)nn2C1c1ccc(OCc2cc(C)c(C)cc2C)c(OC)c1. The molecule has 1 aliphatic heterocycles. The first-order valence-electron chi connectivity index (χ1n) is 15.8. The van der Waals surface area contributed by atoms with Gasteiger partial charge in [0.15, 0.2) is 11.5 Å². The van der Waals surface area contributed by atoms with Gasteiger partial charge in [-0.3, -0.25) is 4.79 Å². The Hall–Kier alpha value is -4.93. The number of rotatable bonds is 11. The quantitative estimate of drug-likeness (QED) is 0.133. The highest BCUT2D eigenvalue weighted by Crippen LogP contribution is 2.41. The number of nitrogens with one attached hydrogen (secondary N) is 2. The number of carbonyl (C=O) groups excluding carboxylic acids is 1. The molecule has 9 nitrogen and oxygen atoms in total. The Kier molecular flexibility index (Phi) is 10.2. The number of aromatic nitrogens is 3. The standard InChI is InChI=1S/C38H38ClN5O4S/c1-22-17-24(3)28(18-23(22)2)20-48-32-16-15-26(19-33(32)47-6)35-34(36(45)41-30-13-9-10-14-31(30)46-5)25(4)40-37-42-38(43-44(35)37)49-21-27-11-7-8-12-29(27)39/h7-19,35H,20-21H2,1-6H3,(H,41,45)(H,40,42,43). The van der Waals surface area contributed by atoms with Crippen molar-refractivity contribution in [3.8, 4) is 17.2 Å². The summed E-state index contributed by atoms with van der Waals surface area (Å²) in [7, 11) is 3.18. The summed E-state index contributed by atoms with van der Waals surface area (Å²) in [6.07, 6.45) is 0. The third-order valence-electron chi connectivity index (χ3n) is 8.59. The zero-order chi connectivity index (χ0) is 34.7. The van der Waals surface area contributed by atoms with E-state index in [2.05, 4.69) is 43.5 Å². The lowest BCUT2D eigenvalue weighted by Crippen LogP contribution is -2.31. The number of ether oxygens (including phenoxy) is 3. The van der Waals surface area contributed by atoms with Gasteiger partial charge in [-0.05, 0) is 91.4 Å². The predicted molar refractivity (Wildman–Crippen MR) is 195 cm³/mol. The molecule has 0 saturated carbocycles. The minimum Gasteiger partial charge on any atom is -0.495 e. The van der Waals surface area contributed by atoms with Crippen molar-refractivity contribution in [2.75, 3.05) is 24.9 Å². The average Bonchev–Trinajstić information content (AvgIpc) is 3.50. The van der Waals surface area contributed by atoms with E-state index in [1.165, 1.54) is 28.5 Å².